The number of ether oxygens (including phenoxy) is 1. The maximum Gasteiger partial charge on any atom is 0.360 e. The first-order valence-electron chi connectivity index (χ1n) is 6.69. The summed E-state index contributed by atoms with van der Waals surface area (Å²) in [6.45, 7) is 9.33. The van der Waals surface area contributed by atoms with Crippen molar-refractivity contribution in [2.45, 2.75) is 53.5 Å². The van der Waals surface area contributed by atoms with Gasteiger partial charge in [0.2, 0.25) is 0 Å². The molecular formula is C13H23N3O2. The Hall–Kier alpha value is -1.39. The van der Waals surface area contributed by atoms with Crippen LogP contribution in [0.4, 0.5) is 0 Å². The second kappa shape index (κ2) is 7.13. The highest BCUT2D eigenvalue weighted by Crippen LogP contribution is 2.14. The number of nitrogens with zero attached hydrogens (tertiary/aromatic N) is 3. The molecule has 102 valence electrons. The summed E-state index contributed by atoms with van der Waals surface area (Å²) < 4.78 is 6.86. The number of unbranched alkanes of at least 4 members (excludes halogenated alkanes) is 1. The van der Waals surface area contributed by atoms with E-state index in [2.05, 4.69) is 31.1 Å². The molecule has 1 rings (SSSR count). The van der Waals surface area contributed by atoms with Crippen LogP contribution in [0, 0.1) is 5.92 Å². The Morgan fingerprint density at radius 1 is 1.39 bits per heavy atom. The summed E-state index contributed by atoms with van der Waals surface area (Å²) in [7, 11) is 0. The van der Waals surface area contributed by atoms with Gasteiger partial charge < -0.3 is 4.74 Å². The van der Waals surface area contributed by atoms with E-state index in [-0.39, 0.29) is 5.97 Å². The summed E-state index contributed by atoms with van der Waals surface area (Å²) in [5, 5.41) is 8.05. The first kappa shape index (κ1) is 14.7. The van der Waals surface area contributed by atoms with E-state index in [1.54, 1.807) is 6.92 Å². The average molecular weight is 253 g/mol. The van der Waals surface area contributed by atoms with Crippen molar-refractivity contribution in [3.63, 3.8) is 0 Å². The Kier molecular flexibility index (Phi) is 5.82. The highest BCUT2D eigenvalue weighted by Gasteiger charge is 2.21. The zero-order valence-electron chi connectivity index (χ0n) is 11.8. The largest absolute Gasteiger partial charge is 0.461 e. The monoisotopic (exact) mass is 253 g/mol. The van der Waals surface area contributed by atoms with Crippen LogP contribution in [0.2, 0.25) is 0 Å². The lowest BCUT2D eigenvalue weighted by molar-refractivity contribution is 0.0517. The van der Waals surface area contributed by atoms with Crippen molar-refractivity contribution in [1.82, 2.24) is 15.0 Å². The molecule has 0 N–H and O–H groups in total. The minimum absolute atomic E-state index is 0.363. The molecule has 5 nitrogen and oxygen atoms in total. The van der Waals surface area contributed by atoms with Crippen molar-refractivity contribution in [2.75, 3.05) is 6.61 Å². The highest BCUT2D eigenvalue weighted by atomic mass is 16.5. The van der Waals surface area contributed by atoms with Gasteiger partial charge in [-0.05, 0) is 25.7 Å². The van der Waals surface area contributed by atoms with E-state index in [9.17, 15) is 4.79 Å². The number of hydrogen-bond acceptors (Lipinski definition) is 4. The van der Waals surface area contributed by atoms with Crippen molar-refractivity contribution in [3.8, 4) is 0 Å². The fourth-order valence-corrected chi connectivity index (χ4v) is 1.77. The third-order valence-corrected chi connectivity index (χ3v) is 2.63. The molecule has 5 heteroatoms. The molecule has 0 spiro atoms. The van der Waals surface area contributed by atoms with Crippen LogP contribution in [0.1, 0.15) is 56.7 Å². The van der Waals surface area contributed by atoms with E-state index < -0.39 is 0 Å². The first-order chi connectivity index (χ1) is 8.60. The topological polar surface area (TPSA) is 57.0 Å². The molecule has 0 bridgehead atoms. The Morgan fingerprint density at radius 2 is 2.11 bits per heavy atom. The number of aromatic nitrogens is 3. The van der Waals surface area contributed by atoms with Crippen molar-refractivity contribution >= 4 is 5.97 Å². The lowest BCUT2D eigenvalue weighted by Crippen LogP contribution is -2.13. The molecule has 0 unspecified atom stereocenters. The van der Waals surface area contributed by atoms with E-state index >= 15 is 0 Å². The van der Waals surface area contributed by atoms with Gasteiger partial charge in [0.1, 0.15) is 0 Å². The summed E-state index contributed by atoms with van der Waals surface area (Å²) in [5.74, 6) is 0.0907. The highest BCUT2D eigenvalue weighted by molar-refractivity contribution is 5.88. The van der Waals surface area contributed by atoms with Crippen molar-refractivity contribution in [2.24, 2.45) is 5.92 Å². The van der Waals surface area contributed by atoms with Gasteiger partial charge in [0, 0.05) is 6.54 Å². The van der Waals surface area contributed by atoms with Gasteiger partial charge in [-0.25, -0.2) is 9.48 Å². The van der Waals surface area contributed by atoms with Gasteiger partial charge in [-0.3, -0.25) is 0 Å². The molecule has 18 heavy (non-hydrogen) atoms. The lowest BCUT2D eigenvalue weighted by Gasteiger charge is -2.09. The van der Waals surface area contributed by atoms with E-state index in [1.165, 1.54) is 0 Å². The van der Waals surface area contributed by atoms with Gasteiger partial charge in [0.25, 0.3) is 0 Å². The summed E-state index contributed by atoms with van der Waals surface area (Å²) >= 11 is 0. The van der Waals surface area contributed by atoms with Crippen LogP contribution in [0.15, 0.2) is 0 Å². The number of carbonyl (C=O) groups is 1. The quantitative estimate of drug-likeness (QED) is 0.700. The molecule has 0 aliphatic rings. The Labute approximate surface area is 109 Å². The van der Waals surface area contributed by atoms with E-state index in [4.69, 9.17) is 4.74 Å². The normalized spacial score (nSPS) is 10.9. The number of carbonyl (C=O) groups excluding carboxylic acids is 1. The molecular weight excluding hydrogens is 230 g/mol. The van der Waals surface area contributed by atoms with Gasteiger partial charge in [-0.1, -0.05) is 32.4 Å². The number of aryl methyl sites for hydroxylation is 1. The van der Waals surface area contributed by atoms with E-state index in [0.29, 0.717) is 18.2 Å². The summed E-state index contributed by atoms with van der Waals surface area (Å²) in [4.78, 5) is 11.8. The second-order valence-electron chi connectivity index (χ2n) is 4.78. The Bertz CT molecular complexity index is 386. The summed E-state index contributed by atoms with van der Waals surface area (Å²) in [6, 6.07) is 0. The number of rotatable bonds is 7. The molecule has 0 saturated heterocycles. The smallest absolute Gasteiger partial charge is 0.360 e. The molecule has 0 radical (unpaired) electrons. The van der Waals surface area contributed by atoms with Crippen molar-refractivity contribution < 1.29 is 9.53 Å². The van der Waals surface area contributed by atoms with Gasteiger partial charge in [-0.2, -0.15) is 0 Å². The summed E-state index contributed by atoms with van der Waals surface area (Å²) in [6.07, 6.45) is 2.93. The van der Waals surface area contributed by atoms with E-state index in [1.807, 2.05) is 4.68 Å². The van der Waals surface area contributed by atoms with Crippen LogP contribution >= 0.6 is 0 Å². The van der Waals surface area contributed by atoms with Crippen LogP contribution in [0.25, 0.3) is 0 Å². The zero-order valence-corrected chi connectivity index (χ0v) is 11.8. The third-order valence-electron chi connectivity index (χ3n) is 2.63. The van der Waals surface area contributed by atoms with E-state index in [0.717, 1.165) is 31.5 Å². The minimum Gasteiger partial charge on any atom is -0.461 e. The van der Waals surface area contributed by atoms with Crippen LogP contribution in [0.5, 0.6) is 0 Å². The molecule has 0 saturated carbocycles. The number of esters is 1. The van der Waals surface area contributed by atoms with Gasteiger partial charge in [-0.15, -0.1) is 5.10 Å². The third kappa shape index (κ3) is 3.82. The molecule has 0 aliphatic heterocycles. The predicted molar refractivity (Wildman–Crippen MR) is 69.4 cm³/mol. The van der Waals surface area contributed by atoms with Gasteiger partial charge >= 0.3 is 5.97 Å². The Balaban J connectivity index is 2.94. The lowest BCUT2D eigenvalue weighted by atomic mass is 10.1. The van der Waals surface area contributed by atoms with Gasteiger partial charge in [0.15, 0.2) is 5.69 Å². The Morgan fingerprint density at radius 3 is 2.67 bits per heavy atom. The van der Waals surface area contributed by atoms with Gasteiger partial charge in [0.05, 0.1) is 12.3 Å². The van der Waals surface area contributed by atoms with Crippen molar-refractivity contribution in [3.05, 3.63) is 11.4 Å². The average Bonchev–Trinajstić information content (AvgIpc) is 2.69. The zero-order chi connectivity index (χ0) is 13.5. The first-order valence-corrected chi connectivity index (χ1v) is 6.69. The maximum absolute atomic E-state index is 11.8. The molecule has 1 heterocycles. The molecule has 0 atom stereocenters. The fourth-order valence-electron chi connectivity index (χ4n) is 1.77. The summed E-state index contributed by atoms with van der Waals surface area (Å²) in [5.41, 5.74) is 1.28. The molecule has 0 aliphatic carbocycles. The molecule has 0 fully saturated rings. The standard InChI is InChI=1S/C13H23N3O2/c1-5-7-8-16-11(9-10(3)4)12(14-15-16)13(17)18-6-2/h10H,5-9H2,1-4H3. The second-order valence-corrected chi connectivity index (χ2v) is 4.78. The predicted octanol–water partition coefficient (Wildman–Crippen LogP) is 2.45. The maximum atomic E-state index is 11.8. The molecule has 0 aromatic carbocycles. The minimum atomic E-state index is -0.365. The molecule has 1 aromatic heterocycles. The molecule has 0 amide bonds. The van der Waals surface area contributed by atoms with Crippen molar-refractivity contribution in [1.29, 1.82) is 0 Å². The van der Waals surface area contributed by atoms with Crippen LogP contribution in [-0.2, 0) is 17.7 Å². The van der Waals surface area contributed by atoms with Crippen LogP contribution in [-0.4, -0.2) is 27.6 Å². The SMILES string of the molecule is CCCCn1nnc(C(=O)OCC)c1CC(C)C. The van der Waals surface area contributed by atoms with Crippen LogP contribution < -0.4 is 0 Å². The molecule has 1 aromatic rings. The number of hydrogen-bond donors (Lipinski definition) is 0. The fraction of sp³-hybridized carbons (Fsp3) is 0.769. The van der Waals surface area contributed by atoms with Crippen LogP contribution in [0.3, 0.4) is 0 Å².